The third-order valence-electron chi connectivity index (χ3n) is 3.62. The molecule has 23 heavy (non-hydrogen) atoms. The number of carbonyl (C=O) groups excluding carboxylic acids is 1. The maximum atomic E-state index is 12.0. The molecule has 1 heterocycles. The van der Waals surface area contributed by atoms with Gasteiger partial charge >= 0.3 is 6.09 Å². The molecule has 0 radical (unpaired) electrons. The van der Waals surface area contributed by atoms with Crippen LogP contribution in [0.1, 0.15) is 27.2 Å². The molecule has 1 aromatic carbocycles. The van der Waals surface area contributed by atoms with E-state index in [1.807, 2.05) is 26.8 Å². The second kappa shape index (κ2) is 6.98. The minimum Gasteiger partial charge on any atom is -0.495 e. The van der Waals surface area contributed by atoms with Gasteiger partial charge in [0.05, 0.1) is 19.4 Å². The molecule has 1 aliphatic heterocycles. The highest BCUT2D eigenvalue weighted by Crippen LogP contribution is 2.27. The molecule has 1 saturated heterocycles. The third-order valence-corrected chi connectivity index (χ3v) is 3.62. The number of nitrogen functional groups attached to an aromatic ring is 1. The SMILES string of the molecule is COc1ccc(OCC2CCN(C(=O)OC(C)(C)C)C2)cc1N. The molecule has 2 N–H and O–H groups in total. The van der Waals surface area contributed by atoms with Gasteiger partial charge in [-0.25, -0.2) is 4.79 Å². The number of ether oxygens (including phenoxy) is 3. The van der Waals surface area contributed by atoms with Gasteiger partial charge in [0.25, 0.3) is 0 Å². The lowest BCUT2D eigenvalue weighted by Crippen LogP contribution is -2.35. The molecular weight excluding hydrogens is 296 g/mol. The molecule has 1 unspecified atom stereocenters. The molecule has 1 fully saturated rings. The Kier molecular flexibility index (Phi) is 5.23. The zero-order valence-electron chi connectivity index (χ0n) is 14.3. The molecular formula is C17H26N2O4. The molecule has 0 aliphatic carbocycles. The maximum absolute atomic E-state index is 12.0. The number of carbonyl (C=O) groups is 1. The zero-order valence-corrected chi connectivity index (χ0v) is 14.3. The van der Waals surface area contributed by atoms with E-state index < -0.39 is 5.60 Å². The summed E-state index contributed by atoms with van der Waals surface area (Å²) in [6.07, 6.45) is 0.652. The van der Waals surface area contributed by atoms with E-state index in [1.54, 1.807) is 24.1 Å². The van der Waals surface area contributed by atoms with Crippen LogP contribution in [-0.2, 0) is 4.74 Å². The van der Waals surface area contributed by atoms with Crippen LogP contribution in [0.3, 0.4) is 0 Å². The van der Waals surface area contributed by atoms with Crippen molar-refractivity contribution in [1.29, 1.82) is 0 Å². The smallest absolute Gasteiger partial charge is 0.410 e. The van der Waals surface area contributed by atoms with E-state index in [2.05, 4.69) is 0 Å². The van der Waals surface area contributed by atoms with E-state index >= 15 is 0 Å². The number of nitrogens with zero attached hydrogens (tertiary/aromatic N) is 1. The molecule has 0 saturated carbocycles. The van der Waals surface area contributed by atoms with Gasteiger partial charge in [0.2, 0.25) is 0 Å². The average molecular weight is 322 g/mol. The van der Waals surface area contributed by atoms with Gasteiger partial charge in [0.15, 0.2) is 0 Å². The number of methoxy groups -OCH3 is 1. The van der Waals surface area contributed by atoms with Crippen molar-refractivity contribution in [2.45, 2.75) is 32.8 Å². The summed E-state index contributed by atoms with van der Waals surface area (Å²) >= 11 is 0. The standard InChI is InChI=1S/C17H26N2O4/c1-17(2,3)23-16(20)19-8-7-12(10-19)11-22-13-5-6-15(21-4)14(18)9-13/h5-6,9,12H,7-8,10-11,18H2,1-4H3. The number of likely N-dealkylation sites (tertiary alicyclic amines) is 1. The van der Waals surface area contributed by atoms with Crippen molar-refractivity contribution < 1.29 is 19.0 Å². The van der Waals surface area contributed by atoms with Crippen molar-refractivity contribution in [3.63, 3.8) is 0 Å². The second-order valence-corrected chi connectivity index (χ2v) is 6.80. The third kappa shape index (κ3) is 4.94. The number of nitrogens with two attached hydrogens (primary N) is 1. The fourth-order valence-corrected chi connectivity index (χ4v) is 2.48. The summed E-state index contributed by atoms with van der Waals surface area (Å²) in [7, 11) is 1.58. The highest BCUT2D eigenvalue weighted by molar-refractivity contribution is 5.68. The first kappa shape index (κ1) is 17.2. The molecule has 0 spiro atoms. The summed E-state index contributed by atoms with van der Waals surface area (Å²) in [5.41, 5.74) is 5.94. The van der Waals surface area contributed by atoms with Gasteiger partial charge in [0.1, 0.15) is 17.1 Å². The Hall–Kier alpha value is -2.11. The largest absolute Gasteiger partial charge is 0.495 e. The van der Waals surface area contributed by atoms with Crippen LogP contribution in [0.4, 0.5) is 10.5 Å². The zero-order chi connectivity index (χ0) is 17.0. The molecule has 1 aliphatic rings. The van der Waals surface area contributed by atoms with E-state index in [4.69, 9.17) is 19.9 Å². The van der Waals surface area contributed by atoms with E-state index in [0.717, 1.165) is 6.42 Å². The van der Waals surface area contributed by atoms with Gasteiger partial charge in [0, 0.05) is 25.1 Å². The van der Waals surface area contributed by atoms with Gasteiger partial charge in [-0.1, -0.05) is 0 Å². The fraction of sp³-hybridized carbons (Fsp3) is 0.588. The lowest BCUT2D eigenvalue weighted by Gasteiger charge is -2.24. The Bertz CT molecular complexity index is 554. The summed E-state index contributed by atoms with van der Waals surface area (Å²) in [5.74, 6) is 1.64. The van der Waals surface area contributed by atoms with Crippen LogP contribution in [0.2, 0.25) is 0 Å². The van der Waals surface area contributed by atoms with Crippen LogP contribution in [0.25, 0.3) is 0 Å². The van der Waals surface area contributed by atoms with Gasteiger partial charge in [-0.15, -0.1) is 0 Å². The average Bonchev–Trinajstić information content (AvgIpc) is 2.92. The number of hydrogen-bond donors (Lipinski definition) is 1. The van der Waals surface area contributed by atoms with Gasteiger partial charge in [-0.3, -0.25) is 0 Å². The quantitative estimate of drug-likeness (QED) is 0.863. The molecule has 1 aromatic rings. The second-order valence-electron chi connectivity index (χ2n) is 6.80. The van der Waals surface area contributed by atoms with Crippen LogP contribution in [0, 0.1) is 5.92 Å². The molecule has 6 nitrogen and oxygen atoms in total. The molecule has 1 atom stereocenters. The normalized spacial score (nSPS) is 17.9. The Morgan fingerprint density at radius 3 is 2.74 bits per heavy atom. The van der Waals surface area contributed by atoms with Crippen molar-refractivity contribution in [3.05, 3.63) is 18.2 Å². The maximum Gasteiger partial charge on any atom is 0.410 e. The summed E-state index contributed by atoms with van der Waals surface area (Å²) in [5, 5.41) is 0. The fourth-order valence-electron chi connectivity index (χ4n) is 2.48. The van der Waals surface area contributed by atoms with Gasteiger partial charge in [-0.2, -0.15) is 0 Å². The Labute approximate surface area is 137 Å². The minimum absolute atomic E-state index is 0.256. The number of amides is 1. The molecule has 0 bridgehead atoms. The number of rotatable bonds is 4. The van der Waals surface area contributed by atoms with Crippen LogP contribution in [0.5, 0.6) is 11.5 Å². The summed E-state index contributed by atoms with van der Waals surface area (Å²) in [6.45, 7) is 7.51. The van der Waals surface area contributed by atoms with Crippen molar-refractivity contribution in [2.75, 3.05) is 32.5 Å². The molecule has 2 rings (SSSR count). The van der Waals surface area contributed by atoms with E-state index in [9.17, 15) is 4.79 Å². The van der Waals surface area contributed by atoms with Crippen molar-refractivity contribution in [3.8, 4) is 11.5 Å². The highest BCUT2D eigenvalue weighted by atomic mass is 16.6. The topological polar surface area (TPSA) is 74.0 Å². The monoisotopic (exact) mass is 322 g/mol. The number of benzene rings is 1. The van der Waals surface area contributed by atoms with Gasteiger partial charge < -0.3 is 24.8 Å². The summed E-state index contributed by atoms with van der Waals surface area (Å²) < 4.78 is 16.3. The first-order valence-electron chi connectivity index (χ1n) is 7.83. The molecule has 128 valence electrons. The van der Waals surface area contributed by atoms with Crippen molar-refractivity contribution >= 4 is 11.8 Å². The first-order valence-corrected chi connectivity index (χ1v) is 7.83. The van der Waals surface area contributed by atoms with Crippen molar-refractivity contribution in [1.82, 2.24) is 4.90 Å². The van der Waals surface area contributed by atoms with Crippen LogP contribution in [-0.4, -0.2) is 43.4 Å². The Morgan fingerprint density at radius 2 is 2.13 bits per heavy atom. The molecule has 0 aromatic heterocycles. The van der Waals surface area contributed by atoms with Crippen molar-refractivity contribution in [2.24, 2.45) is 5.92 Å². The lowest BCUT2D eigenvalue weighted by atomic mass is 10.1. The summed E-state index contributed by atoms with van der Waals surface area (Å²) in [6, 6.07) is 5.36. The lowest BCUT2D eigenvalue weighted by molar-refractivity contribution is 0.0285. The van der Waals surface area contributed by atoms with E-state index in [0.29, 0.717) is 42.8 Å². The predicted molar refractivity (Wildman–Crippen MR) is 88.8 cm³/mol. The van der Waals surface area contributed by atoms with Crippen LogP contribution in [0.15, 0.2) is 18.2 Å². The van der Waals surface area contributed by atoms with Gasteiger partial charge in [-0.05, 0) is 39.3 Å². The van der Waals surface area contributed by atoms with E-state index in [-0.39, 0.29) is 6.09 Å². The van der Waals surface area contributed by atoms with Crippen LogP contribution >= 0.6 is 0 Å². The van der Waals surface area contributed by atoms with E-state index in [1.165, 1.54) is 0 Å². The highest BCUT2D eigenvalue weighted by Gasteiger charge is 2.30. The Balaban J connectivity index is 1.82. The first-order chi connectivity index (χ1) is 10.8. The molecule has 1 amide bonds. The molecule has 6 heteroatoms. The predicted octanol–water partition coefficient (Wildman–Crippen LogP) is 2.91. The van der Waals surface area contributed by atoms with Crippen LogP contribution < -0.4 is 15.2 Å². The minimum atomic E-state index is -0.466. The number of anilines is 1. The number of hydrogen-bond acceptors (Lipinski definition) is 5. The summed E-state index contributed by atoms with van der Waals surface area (Å²) in [4.78, 5) is 13.8. The Morgan fingerprint density at radius 1 is 1.39 bits per heavy atom.